The second kappa shape index (κ2) is 6.78. The molecule has 0 aromatic heterocycles. The molecule has 1 aromatic rings. The van der Waals surface area contributed by atoms with Gasteiger partial charge in [-0.15, -0.1) is 0 Å². The number of nitrogens with one attached hydrogen (secondary N) is 1. The van der Waals surface area contributed by atoms with Gasteiger partial charge in [-0.25, -0.2) is 0 Å². The minimum absolute atomic E-state index is 0.00320. The summed E-state index contributed by atoms with van der Waals surface area (Å²) in [6.07, 6.45) is 1.78. The molecule has 0 radical (unpaired) electrons. The Morgan fingerprint density at radius 3 is 2.79 bits per heavy atom. The molecule has 0 heterocycles. The Balaban J connectivity index is 3.02. The number of carbonyl (C=O) groups excluding carboxylic acids is 1. The predicted molar refractivity (Wildman–Crippen MR) is 76.4 cm³/mol. The van der Waals surface area contributed by atoms with Crippen LogP contribution in [-0.2, 0) is 4.79 Å². The molecule has 0 saturated carbocycles. The van der Waals surface area contributed by atoms with Gasteiger partial charge in [-0.1, -0.05) is 37.6 Å². The van der Waals surface area contributed by atoms with Gasteiger partial charge in [0.1, 0.15) is 0 Å². The summed E-state index contributed by atoms with van der Waals surface area (Å²) in [4.78, 5) is 12.0. The van der Waals surface area contributed by atoms with Crippen LogP contribution in [0.4, 0.5) is 5.69 Å². The van der Waals surface area contributed by atoms with E-state index in [0.717, 1.165) is 18.4 Å². The lowest BCUT2D eigenvalue weighted by molar-refractivity contribution is -0.119. The van der Waals surface area contributed by atoms with Gasteiger partial charge in [-0.2, -0.15) is 0 Å². The topological polar surface area (TPSA) is 87.7 Å². The van der Waals surface area contributed by atoms with Gasteiger partial charge < -0.3 is 16.3 Å². The highest BCUT2D eigenvalue weighted by molar-refractivity contribution is 6.06. The van der Waals surface area contributed by atoms with E-state index in [0.29, 0.717) is 11.3 Å². The SMILES string of the molecule is CCCC(C)C(=O)Nc1cccc(C)c1/C(N)=N/O. The maximum Gasteiger partial charge on any atom is 0.227 e. The third-order valence-corrected chi connectivity index (χ3v) is 3.06. The number of aryl methyl sites for hydroxylation is 1. The van der Waals surface area contributed by atoms with E-state index in [1.807, 2.05) is 32.9 Å². The van der Waals surface area contributed by atoms with E-state index < -0.39 is 0 Å². The maximum atomic E-state index is 12.0. The third kappa shape index (κ3) is 3.71. The summed E-state index contributed by atoms with van der Waals surface area (Å²) in [5, 5.41) is 14.7. The van der Waals surface area contributed by atoms with Crippen LogP contribution in [0.3, 0.4) is 0 Å². The number of hydrogen-bond donors (Lipinski definition) is 3. The van der Waals surface area contributed by atoms with Crippen LogP contribution in [0.5, 0.6) is 0 Å². The quantitative estimate of drug-likeness (QED) is 0.330. The van der Waals surface area contributed by atoms with Crippen LogP contribution >= 0.6 is 0 Å². The lowest BCUT2D eigenvalue weighted by Gasteiger charge is -2.15. The summed E-state index contributed by atoms with van der Waals surface area (Å²) < 4.78 is 0. The van der Waals surface area contributed by atoms with E-state index >= 15 is 0 Å². The van der Waals surface area contributed by atoms with Crippen LogP contribution < -0.4 is 11.1 Å². The number of nitrogens with two attached hydrogens (primary N) is 1. The minimum atomic E-state index is -0.0642. The van der Waals surface area contributed by atoms with Crippen molar-refractivity contribution in [2.45, 2.75) is 33.6 Å². The van der Waals surface area contributed by atoms with Crippen LogP contribution in [0, 0.1) is 12.8 Å². The van der Waals surface area contributed by atoms with Crippen molar-refractivity contribution < 1.29 is 10.0 Å². The van der Waals surface area contributed by atoms with Crippen molar-refractivity contribution in [3.05, 3.63) is 29.3 Å². The molecule has 5 heteroatoms. The van der Waals surface area contributed by atoms with E-state index in [-0.39, 0.29) is 17.7 Å². The first-order chi connectivity index (χ1) is 9.01. The molecule has 1 aromatic carbocycles. The number of rotatable bonds is 5. The number of amidine groups is 1. The van der Waals surface area contributed by atoms with Gasteiger partial charge in [-0.3, -0.25) is 4.79 Å². The summed E-state index contributed by atoms with van der Waals surface area (Å²) in [6, 6.07) is 5.42. The van der Waals surface area contributed by atoms with Crippen LogP contribution in [0.15, 0.2) is 23.4 Å². The highest BCUT2D eigenvalue weighted by atomic mass is 16.4. The van der Waals surface area contributed by atoms with Crippen molar-refractivity contribution in [1.82, 2.24) is 0 Å². The largest absolute Gasteiger partial charge is 0.409 e. The number of anilines is 1. The van der Waals surface area contributed by atoms with Crippen molar-refractivity contribution in [3.63, 3.8) is 0 Å². The zero-order chi connectivity index (χ0) is 14.4. The fraction of sp³-hybridized carbons (Fsp3) is 0.429. The number of amides is 1. The van der Waals surface area contributed by atoms with Crippen LogP contribution in [0.25, 0.3) is 0 Å². The fourth-order valence-corrected chi connectivity index (χ4v) is 1.98. The average molecular weight is 263 g/mol. The summed E-state index contributed by atoms with van der Waals surface area (Å²) in [6.45, 7) is 5.77. The van der Waals surface area contributed by atoms with Crippen molar-refractivity contribution >= 4 is 17.4 Å². The molecule has 0 aliphatic heterocycles. The molecule has 1 unspecified atom stereocenters. The molecule has 0 aliphatic carbocycles. The number of benzene rings is 1. The van der Waals surface area contributed by atoms with Gasteiger partial charge in [0.15, 0.2) is 5.84 Å². The number of nitrogens with zero attached hydrogens (tertiary/aromatic N) is 1. The molecule has 1 amide bonds. The van der Waals surface area contributed by atoms with Crippen LogP contribution in [0.2, 0.25) is 0 Å². The lowest BCUT2D eigenvalue weighted by Crippen LogP contribution is -2.24. The average Bonchev–Trinajstić information content (AvgIpc) is 2.38. The van der Waals surface area contributed by atoms with Gasteiger partial charge in [0.25, 0.3) is 0 Å². The first kappa shape index (κ1) is 15.0. The number of carbonyl (C=O) groups is 1. The Hall–Kier alpha value is -2.04. The summed E-state index contributed by atoms with van der Waals surface area (Å²) in [5.41, 5.74) is 7.63. The Labute approximate surface area is 113 Å². The highest BCUT2D eigenvalue weighted by Crippen LogP contribution is 2.20. The molecule has 4 N–H and O–H groups in total. The van der Waals surface area contributed by atoms with Gasteiger partial charge in [0, 0.05) is 11.5 Å². The highest BCUT2D eigenvalue weighted by Gasteiger charge is 2.16. The van der Waals surface area contributed by atoms with Crippen molar-refractivity contribution in [3.8, 4) is 0 Å². The maximum absolute atomic E-state index is 12.0. The molecule has 0 saturated heterocycles. The lowest BCUT2D eigenvalue weighted by atomic mass is 10.0. The van der Waals surface area contributed by atoms with Crippen molar-refractivity contribution in [2.24, 2.45) is 16.8 Å². The Bertz CT molecular complexity index is 484. The normalized spacial score (nSPS) is 13.1. The third-order valence-electron chi connectivity index (χ3n) is 3.06. The fourth-order valence-electron chi connectivity index (χ4n) is 1.98. The molecule has 0 spiro atoms. The first-order valence-electron chi connectivity index (χ1n) is 6.39. The van der Waals surface area contributed by atoms with Crippen LogP contribution in [-0.4, -0.2) is 17.0 Å². The number of oxime groups is 1. The van der Waals surface area contributed by atoms with Gasteiger partial charge in [0.2, 0.25) is 5.91 Å². The van der Waals surface area contributed by atoms with Crippen LogP contribution in [0.1, 0.15) is 37.8 Å². The van der Waals surface area contributed by atoms with Crippen molar-refractivity contribution in [2.75, 3.05) is 5.32 Å². The zero-order valence-corrected chi connectivity index (χ0v) is 11.6. The molecule has 104 valence electrons. The van der Waals surface area contributed by atoms with Gasteiger partial charge in [0.05, 0.1) is 5.69 Å². The summed E-state index contributed by atoms with van der Waals surface area (Å²) >= 11 is 0. The molecule has 19 heavy (non-hydrogen) atoms. The second-order valence-electron chi connectivity index (χ2n) is 4.66. The Kier molecular flexibility index (Phi) is 5.36. The van der Waals surface area contributed by atoms with Gasteiger partial charge in [-0.05, 0) is 25.0 Å². The van der Waals surface area contributed by atoms with E-state index in [1.54, 1.807) is 6.07 Å². The predicted octanol–water partition coefficient (Wildman–Crippen LogP) is 2.46. The van der Waals surface area contributed by atoms with E-state index in [4.69, 9.17) is 10.9 Å². The first-order valence-corrected chi connectivity index (χ1v) is 6.39. The molecule has 5 nitrogen and oxygen atoms in total. The summed E-state index contributed by atoms with van der Waals surface area (Å²) in [7, 11) is 0. The summed E-state index contributed by atoms with van der Waals surface area (Å²) in [5.74, 6) is -0.123. The van der Waals surface area contributed by atoms with E-state index in [2.05, 4.69) is 10.5 Å². The Morgan fingerprint density at radius 2 is 2.21 bits per heavy atom. The molecular weight excluding hydrogens is 242 g/mol. The Morgan fingerprint density at radius 1 is 1.53 bits per heavy atom. The molecule has 0 fully saturated rings. The number of hydrogen-bond acceptors (Lipinski definition) is 3. The standard InChI is InChI=1S/C14H21N3O2/c1-4-6-10(3)14(18)16-11-8-5-7-9(2)12(11)13(15)17-19/h5,7-8,10,19H,4,6H2,1-3H3,(H2,15,17)(H,16,18). The van der Waals surface area contributed by atoms with Gasteiger partial charge >= 0.3 is 0 Å². The second-order valence-corrected chi connectivity index (χ2v) is 4.66. The molecule has 1 atom stereocenters. The molecule has 0 bridgehead atoms. The minimum Gasteiger partial charge on any atom is -0.409 e. The monoisotopic (exact) mass is 263 g/mol. The smallest absolute Gasteiger partial charge is 0.227 e. The molecule has 1 rings (SSSR count). The zero-order valence-electron chi connectivity index (χ0n) is 11.6. The molecule has 0 aliphatic rings. The van der Waals surface area contributed by atoms with Crippen molar-refractivity contribution in [1.29, 1.82) is 0 Å². The van der Waals surface area contributed by atoms with E-state index in [9.17, 15) is 4.79 Å². The molecular formula is C14H21N3O2. The van der Waals surface area contributed by atoms with E-state index in [1.165, 1.54) is 0 Å².